The minimum Gasteiger partial charge on any atom is -0.395 e. The molecule has 0 spiro atoms. The number of carbonyl (C=O) groups is 1. The van der Waals surface area contributed by atoms with Gasteiger partial charge in [-0.3, -0.25) is 0 Å². The molecule has 0 unspecified atom stereocenters. The molecule has 0 bridgehead atoms. The number of nitrogens with one attached hydrogen (secondary N) is 1. The second-order valence-electron chi connectivity index (χ2n) is 5.31. The Morgan fingerprint density at radius 3 is 2.64 bits per heavy atom. The maximum absolute atomic E-state index is 11.4. The molecule has 0 atom stereocenters. The second-order valence-corrected chi connectivity index (χ2v) is 5.31. The lowest BCUT2D eigenvalue weighted by Crippen LogP contribution is -2.28. The van der Waals surface area contributed by atoms with Crippen molar-refractivity contribution in [3.8, 4) is 11.1 Å². The van der Waals surface area contributed by atoms with E-state index < -0.39 is 6.03 Å². The van der Waals surface area contributed by atoms with Gasteiger partial charge in [-0.2, -0.15) is 4.99 Å². The summed E-state index contributed by atoms with van der Waals surface area (Å²) in [6, 6.07) is 7.01. The van der Waals surface area contributed by atoms with Crippen LogP contribution in [-0.2, 0) is 6.54 Å². The molecule has 1 aromatic carbocycles. The lowest BCUT2D eigenvalue weighted by atomic mass is 10.1. The van der Waals surface area contributed by atoms with Crippen LogP contribution >= 0.6 is 0 Å². The zero-order valence-corrected chi connectivity index (χ0v) is 13.9. The van der Waals surface area contributed by atoms with Crippen LogP contribution in [0.15, 0.2) is 41.7 Å². The van der Waals surface area contributed by atoms with E-state index in [9.17, 15) is 4.79 Å². The van der Waals surface area contributed by atoms with Crippen molar-refractivity contribution in [1.82, 2.24) is 15.3 Å². The van der Waals surface area contributed by atoms with E-state index in [1.54, 1.807) is 17.3 Å². The van der Waals surface area contributed by atoms with Crippen molar-refractivity contribution >= 4 is 17.9 Å². The van der Waals surface area contributed by atoms with Crippen molar-refractivity contribution in [3.63, 3.8) is 0 Å². The van der Waals surface area contributed by atoms with Crippen LogP contribution in [0.5, 0.6) is 0 Å². The van der Waals surface area contributed by atoms with Gasteiger partial charge in [-0.25, -0.2) is 14.8 Å². The van der Waals surface area contributed by atoms with Crippen molar-refractivity contribution < 1.29 is 9.90 Å². The number of nitrogens with zero attached hydrogens (tertiary/aromatic N) is 4. The molecule has 1 heterocycles. The molecule has 2 amide bonds. The van der Waals surface area contributed by atoms with Crippen LogP contribution < -0.4 is 21.7 Å². The van der Waals surface area contributed by atoms with Crippen molar-refractivity contribution in [2.75, 3.05) is 25.1 Å². The molecule has 9 nitrogen and oxygen atoms in total. The molecule has 132 valence electrons. The van der Waals surface area contributed by atoms with Gasteiger partial charge >= 0.3 is 6.03 Å². The third-order valence-electron chi connectivity index (χ3n) is 3.35. The van der Waals surface area contributed by atoms with Crippen molar-refractivity contribution in [2.45, 2.75) is 6.54 Å². The highest BCUT2D eigenvalue weighted by atomic mass is 16.3. The summed E-state index contributed by atoms with van der Waals surface area (Å²) < 4.78 is 0. The number of urea groups is 1. The van der Waals surface area contributed by atoms with Gasteiger partial charge in [0.05, 0.1) is 6.61 Å². The van der Waals surface area contributed by atoms with Crippen LogP contribution in [0.25, 0.3) is 11.1 Å². The summed E-state index contributed by atoms with van der Waals surface area (Å²) >= 11 is 0. The monoisotopic (exact) mass is 343 g/mol. The summed E-state index contributed by atoms with van der Waals surface area (Å²) in [5.74, 6) is 0.258. The molecule has 2 aromatic rings. The fourth-order valence-electron chi connectivity index (χ4n) is 2.11. The molecule has 1 aromatic heterocycles. The van der Waals surface area contributed by atoms with E-state index in [0.29, 0.717) is 19.0 Å². The Kier molecular flexibility index (Phi) is 6.24. The summed E-state index contributed by atoms with van der Waals surface area (Å²) in [5.41, 5.74) is 13.0. The average Bonchev–Trinajstić information content (AvgIpc) is 2.60. The first-order valence-electron chi connectivity index (χ1n) is 7.60. The van der Waals surface area contributed by atoms with Crippen molar-refractivity contribution in [2.24, 2.45) is 16.5 Å². The average molecular weight is 343 g/mol. The number of aromatic nitrogens is 2. The molecule has 0 aliphatic carbocycles. The van der Waals surface area contributed by atoms with Gasteiger partial charge in [0.25, 0.3) is 0 Å². The first-order valence-corrected chi connectivity index (χ1v) is 7.60. The number of rotatable bonds is 6. The smallest absolute Gasteiger partial charge is 0.344 e. The highest BCUT2D eigenvalue weighted by Crippen LogP contribution is 2.20. The Hall–Kier alpha value is -3.20. The van der Waals surface area contributed by atoms with E-state index >= 15 is 0 Å². The minimum absolute atomic E-state index is 0.0369. The Labute approximate surface area is 145 Å². The number of benzene rings is 1. The molecule has 0 aliphatic heterocycles. The summed E-state index contributed by atoms with van der Waals surface area (Å²) in [7, 11) is 1.81. The van der Waals surface area contributed by atoms with Gasteiger partial charge in [0, 0.05) is 38.1 Å². The number of amides is 2. The lowest BCUT2D eigenvalue weighted by Gasteiger charge is -2.15. The fraction of sp³-hybridized carbons (Fsp3) is 0.250. The van der Waals surface area contributed by atoms with Crippen LogP contribution in [0.4, 0.5) is 10.7 Å². The Morgan fingerprint density at radius 1 is 1.28 bits per heavy atom. The van der Waals surface area contributed by atoms with E-state index in [2.05, 4.69) is 20.3 Å². The van der Waals surface area contributed by atoms with Crippen molar-refractivity contribution in [1.29, 1.82) is 0 Å². The Bertz CT molecular complexity index is 742. The fourth-order valence-corrected chi connectivity index (χ4v) is 2.11. The van der Waals surface area contributed by atoms with Gasteiger partial charge in [-0.05, 0) is 17.2 Å². The van der Waals surface area contributed by atoms with E-state index in [0.717, 1.165) is 16.7 Å². The van der Waals surface area contributed by atoms with E-state index in [4.69, 9.17) is 16.6 Å². The Morgan fingerprint density at radius 2 is 2.00 bits per heavy atom. The third-order valence-corrected chi connectivity index (χ3v) is 3.35. The molecular weight excluding hydrogens is 322 g/mol. The number of aliphatic imine (C=N–C) groups is 1. The van der Waals surface area contributed by atoms with Gasteiger partial charge in [-0.15, -0.1) is 0 Å². The quantitative estimate of drug-likeness (QED) is 0.429. The van der Waals surface area contributed by atoms with Gasteiger partial charge in [-0.1, -0.05) is 18.2 Å². The zero-order valence-electron chi connectivity index (χ0n) is 13.9. The molecule has 0 aliphatic rings. The number of likely N-dealkylation sites (N-methyl/N-ethyl adjacent to an activating group) is 1. The van der Waals surface area contributed by atoms with Gasteiger partial charge in [0.15, 0.2) is 5.96 Å². The maximum Gasteiger partial charge on any atom is 0.344 e. The summed E-state index contributed by atoms with van der Waals surface area (Å²) in [4.78, 5) is 25.2. The van der Waals surface area contributed by atoms with Crippen LogP contribution in [0.2, 0.25) is 0 Å². The normalized spacial score (nSPS) is 10.2. The van der Waals surface area contributed by atoms with Gasteiger partial charge < -0.3 is 26.8 Å². The number of guanidine groups is 1. The van der Waals surface area contributed by atoms with Gasteiger partial charge in [0.1, 0.15) is 0 Å². The summed E-state index contributed by atoms with van der Waals surface area (Å²) in [5, 5.41) is 11.5. The van der Waals surface area contributed by atoms with E-state index in [1.165, 1.54) is 0 Å². The second kappa shape index (κ2) is 8.60. The number of nitrogens with two attached hydrogens (primary N) is 2. The van der Waals surface area contributed by atoms with Crippen LogP contribution in [-0.4, -0.2) is 47.3 Å². The molecule has 0 radical (unpaired) electrons. The van der Waals surface area contributed by atoms with Crippen molar-refractivity contribution in [3.05, 3.63) is 42.2 Å². The number of carbonyl (C=O) groups excluding carboxylic acids is 1. The predicted octanol–water partition coefficient (Wildman–Crippen LogP) is 0.0551. The van der Waals surface area contributed by atoms with Crippen LogP contribution in [0.3, 0.4) is 0 Å². The summed E-state index contributed by atoms with van der Waals surface area (Å²) in [6.07, 6.45) is 3.43. The number of aliphatic hydroxyl groups excluding tert-OH is 1. The zero-order chi connectivity index (χ0) is 18.2. The first kappa shape index (κ1) is 18.1. The molecule has 2 rings (SSSR count). The lowest BCUT2D eigenvalue weighted by molar-refractivity contribution is 0.249. The van der Waals surface area contributed by atoms with E-state index in [1.807, 2.05) is 31.3 Å². The summed E-state index contributed by atoms with van der Waals surface area (Å²) in [6.45, 7) is 0.793. The molecule has 0 fully saturated rings. The number of hydrogen-bond donors (Lipinski definition) is 4. The molecule has 9 heteroatoms. The van der Waals surface area contributed by atoms with Crippen LogP contribution in [0.1, 0.15) is 5.56 Å². The molecular formula is C16H21N7O2. The third kappa shape index (κ3) is 5.43. The SMILES string of the molecule is CN(CCO)c1ncc(-c2cccc(CNC(=O)N=C(N)N)c2)cn1. The highest BCUT2D eigenvalue weighted by molar-refractivity contribution is 5.90. The van der Waals surface area contributed by atoms with Gasteiger partial charge in [0.2, 0.25) is 5.95 Å². The first-order chi connectivity index (χ1) is 12.0. The number of aliphatic hydroxyl groups is 1. The minimum atomic E-state index is -0.593. The van der Waals surface area contributed by atoms with Crippen LogP contribution in [0, 0.1) is 0 Å². The molecule has 0 saturated heterocycles. The predicted molar refractivity (Wildman–Crippen MR) is 95.9 cm³/mol. The molecule has 6 N–H and O–H groups in total. The Balaban J connectivity index is 2.08. The van der Waals surface area contributed by atoms with E-state index in [-0.39, 0.29) is 12.6 Å². The molecule has 0 saturated carbocycles. The number of hydrogen-bond acceptors (Lipinski definition) is 5. The highest BCUT2D eigenvalue weighted by Gasteiger charge is 2.06. The topological polar surface area (TPSA) is 143 Å². The standard InChI is InChI=1S/C16H21N7O2/c1-23(5-6-24)15-19-9-13(10-20-15)12-4-2-3-11(7-12)8-21-16(25)22-14(17)18/h2-4,7,9-10,24H,5-6,8H2,1H3,(H5,17,18,21,22,25). The molecule has 25 heavy (non-hydrogen) atoms. The largest absolute Gasteiger partial charge is 0.395 e. The number of anilines is 1. The maximum atomic E-state index is 11.4.